The molecule has 0 saturated carbocycles. The fraction of sp³-hybridized carbons (Fsp3) is 0.500. The maximum absolute atomic E-state index is 12.3. The number of rotatable bonds is 7. The topological polar surface area (TPSA) is 66.5 Å². The van der Waals surface area contributed by atoms with E-state index in [9.17, 15) is 14.4 Å². The standard InChI is InChI=1S/C18H24N2O3/c1-3-4-5-10-20-12-15(11-17(20)22)18(23)19-16-8-6-14(7-9-16)13(2)21/h6-9,15H,3-5,10-12H2,1-2H3,(H,19,23). The third kappa shape index (κ3) is 4.65. The Balaban J connectivity index is 1.88. The van der Waals surface area contributed by atoms with Crippen LogP contribution in [0.4, 0.5) is 5.69 Å². The van der Waals surface area contributed by atoms with Gasteiger partial charge in [-0.1, -0.05) is 19.8 Å². The average Bonchev–Trinajstić information content (AvgIpc) is 2.89. The second-order valence-corrected chi connectivity index (χ2v) is 6.07. The summed E-state index contributed by atoms with van der Waals surface area (Å²) < 4.78 is 0. The van der Waals surface area contributed by atoms with E-state index in [1.807, 2.05) is 0 Å². The highest BCUT2D eigenvalue weighted by molar-refractivity contribution is 5.98. The molecule has 1 unspecified atom stereocenters. The molecule has 1 N–H and O–H groups in total. The maximum Gasteiger partial charge on any atom is 0.229 e. The van der Waals surface area contributed by atoms with Crippen LogP contribution in [0.25, 0.3) is 0 Å². The van der Waals surface area contributed by atoms with Crippen molar-refractivity contribution < 1.29 is 14.4 Å². The van der Waals surface area contributed by atoms with E-state index >= 15 is 0 Å². The van der Waals surface area contributed by atoms with Crippen molar-refractivity contribution in [1.82, 2.24) is 4.90 Å². The van der Waals surface area contributed by atoms with Crippen molar-refractivity contribution in [2.24, 2.45) is 5.92 Å². The number of benzene rings is 1. The van der Waals surface area contributed by atoms with Crippen LogP contribution in [-0.4, -0.2) is 35.6 Å². The highest BCUT2D eigenvalue weighted by Gasteiger charge is 2.33. The molecular weight excluding hydrogens is 292 g/mol. The van der Waals surface area contributed by atoms with Gasteiger partial charge in [0, 0.05) is 30.8 Å². The Morgan fingerprint density at radius 3 is 2.52 bits per heavy atom. The summed E-state index contributed by atoms with van der Waals surface area (Å²) in [4.78, 5) is 37.3. The molecular formula is C18H24N2O3. The van der Waals surface area contributed by atoms with Gasteiger partial charge in [0.25, 0.3) is 0 Å². The second kappa shape index (κ2) is 7.90. The minimum absolute atomic E-state index is 0.00742. The Kier molecular flexibility index (Phi) is 5.90. The number of ketones is 1. The number of amides is 2. The van der Waals surface area contributed by atoms with Crippen LogP contribution in [0.15, 0.2) is 24.3 Å². The van der Waals surface area contributed by atoms with Crippen LogP contribution < -0.4 is 5.32 Å². The quantitative estimate of drug-likeness (QED) is 0.621. The van der Waals surface area contributed by atoms with Crippen LogP contribution in [0.1, 0.15) is 49.9 Å². The van der Waals surface area contributed by atoms with Gasteiger partial charge in [-0.15, -0.1) is 0 Å². The fourth-order valence-corrected chi connectivity index (χ4v) is 2.75. The predicted molar refractivity (Wildman–Crippen MR) is 89.3 cm³/mol. The number of Topliss-reactive ketones (excluding diaryl/α,β-unsaturated/α-hetero) is 1. The molecule has 1 saturated heterocycles. The maximum atomic E-state index is 12.3. The number of nitrogens with zero attached hydrogens (tertiary/aromatic N) is 1. The van der Waals surface area contributed by atoms with Gasteiger partial charge in [0.1, 0.15) is 0 Å². The summed E-state index contributed by atoms with van der Waals surface area (Å²) in [5, 5.41) is 2.83. The molecule has 1 atom stereocenters. The molecule has 5 nitrogen and oxygen atoms in total. The monoisotopic (exact) mass is 316 g/mol. The van der Waals surface area contributed by atoms with E-state index in [4.69, 9.17) is 0 Å². The van der Waals surface area contributed by atoms with E-state index in [1.165, 1.54) is 6.92 Å². The Morgan fingerprint density at radius 2 is 1.91 bits per heavy atom. The van der Waals surface area contributed by atoms with Crippen LogP contribution in [0.2, 0.25) is 0 Å². The van der Waals surface area contributed by atoms with Gasteiger partial charge in [-0.05, 0) is 37.6 Å². The van der Waals surface area contributed by atoms with E-state index in [2.05, 4.69) is 12.2 Å². The van der Waals surface area contributed by atoms with Gasteiger partial charge in [0.2, 0.25) is 11.8 Å². The highest BCUT2D eigenvalue weighted by atomic mass is 16.2. The SMILES string of the molecule is CCCCCN1CC(C(=O)Nc2ccc(C(C)=O)cc2)CC1=O. The zero-order valence-electron chi connectivity index (χ0n) is 13.8. The van der Waals surface area contributed by atoms with Crippen LogP contribution >= 0.6 is 0 Å². The first-order valence-corrected chi connectivity index (χ1v) is 8.21. The van der Waals surface area contributed by atoms with Gasteiger partial charge in [0.15, 0.2) is 5.78 Å². The van der Waals surface area contributed by atoms with Gasteiger partial charge in [-0.3, -0.25) is 14.4 Å². The number of hydrogen-bond acceptors (Lipinski definition) is 3. The number of nitrogens with one attached hydrogen (secondary N) is 1. The van der Waals surface area contributed by atoms with Crippen molar-refractivity contribution in [3.63, 3.8) is 0 Å². The normalized spacial score (nSPS) is 17.4. The zero-order chi connectivity index (χ0) is 16.8. The highest BCUT2D eigenvalue weighted by Crippen LogP contribution is 2.21. The largest absolute Gasteiger partial charge is 0.342 e. The molecule has 2 amide bonds. The minimum atomic E-state index is -0.295. The summed E-state index contributed by atoms with van der Waals surface area (Å²) in [7, 11) is 0. The molecule has 23 heavy (non-hydrogen) atoms. The van der Waals surface area contributed by atoms with Gasteiger partial charge in [-0.2, -0.15) is 0 Å². The Labute approximate surface area is 137 Å². The van der Waals surface area contributed by atoms with Gasteiger partial charge < -0.3 is 10.2 Å². The number of likely N-dealkylation sites (tertiary alicyclic amines) is 1. The lowest BCUT2D eigenvalue weighted by Crippen LogP contribution is -2.29. The third-order valence-electron chi connectivity index (χ3n) is 4.18. The lowest BCUT2D eigenvalue weighted by Gasteiger charge is -2.16. The Hall–Kier alpha value is -2.17. The zero-order valence-corrected chi connectivity index (χ0v) is 13.8. The van der Waals surface area contributed by atoms with Crippen molar-refractivity contribution in [3.8, 4) is 0 Å². The molecule has 2 rings (SSSR count). The van der Waals surface area contributed by atoms with Crippen LogP contribution in [-0.2, 0) is 9.59 Å². The Morgan fingerprint density at radius 1 is 1.22 bits per heavy atom. The molecule has 0 aromatic heterocycles. The summed E-state index contributed by atoms with van der Waals surface area (Å²) in [5.74, 6) is -0.372. The summed E-state index contributed by atoms with van der Waals surface area (Å²) in [5.41, 5.74) is 1.26. The molecule has 1 aromatic carbocycles. The summed E-state index contributed by atoms with van der Waals surface area (Å²) >= 11 is 0. The number of unbranched alkanes of at least 4 members (excludes halogenated alkanes) is 2. The van der Waals surface area contributed by atoms with Crippen LogP contribution in [0.3, 0.4) is 0 Å². The number of hydrogen-bond donors (Lipinski definition) is 1. The molecule has 1 fully saturated rings. The van der Waals surface area contributed by atoms with Crippen molar-refractivity contribution in [1.29, 1.82) is 0 Å². The van der Waals surface area contributed by atoms with Crippen molar-refractivity contribution in [3.05, 3.63) is 29.8 Å². The van der Waals surface area contributed by atoms with Crippen molar-refractivity contribution >= 4 is 23.3 Å². The summed E-state index contributed by atoms with van der Waals surface area (Å²) in [6, 6.07) is 6.80. The smallest absolute Gasteiger partial charge is 0.229 e. The fourth-order valence-electron chi connectivity index (χ4n) is 2.75. The minimum Gasteiger partial charge on any atom is -0.342 e. The molecule has 0 spiro atoms. The van der Waals surface area contributed by atoms with Gasteiger partial charge >= 0.3 is 0 Å². The Bertz CT molecular complexity index is 580. The van der Waals surface area contributed by atoms with Crippen LogP contribution in [0.5, 0.6) is 0 Å². The lowest BCUT2D eigenvalue weighted by atomic mass is 10.1. The second-order valence-electron chi connectivity index (χ2n) is 6.07. The van der Waals surface area contributed by atoms with Crippen molar-refractivity contribution in [2.75, 3.05) is 18.4 Å². The van der Waals surface area contributed by atoms with E-state index in [1.54, 1.807) is 29.2 Å². The summed E-state index contributed by atoms with van der Waals surface area (Å²) in [6.07, 6.45) is 3.48. The molecule has 0 radical (unpaired) electrons. The van der Waals surface area contributed by atoms with Crippen molar-refractivity contribution in [2.45, 2.75) is 39.5 Å². The molecule has 0 aliphatic carbocycles. The molecule has 1 aromatic rings. The number of anilines is 1. The first kappa shape index (κ1) is 17.2. The van der Waals surface area contributed by atoms with Gasteiger partial charge in [0.05, 0.1) is 5.92 Å². The number of carbonyl (C=O) groups is 3. The first-order chi connectivity index (χ1) is 11.0. The predicted octanol–water partition coefficient (Wildman–Crippen LogP) is 2.87. The molecule has 0 bridgehead atoms. The molecule has 1 heterocycles. The van der Waals surface area contributed by atoms with E-state index in [-0.39, 0.29) is 29.9 Å². The first-order valence-electron chi connectivity index (χ1n) is 8.21. The molecule has 1 aliphatic heterocycles. The van der Waals surface area contributed by atoms with E-state index < -0.39 is 0 Å². The van der Waals surface area contributed by atoms with E-state index in [0.29, 0.717) is 17.8 Å². The molecule has 1 aliphatic rings. The molecule has 5 heteroatoms. The third-order valence-corrected chi connectivity index (χ3v) is 4.18. The van der Waals surface area contributed by atoms with E-state index in [0.717, 1.165) is 25.8 Å². The lowest BCUT2D eigenvalue weighted by molar-refractivity contribution is -0.128. The summed E-state index contributed by atoms with van der Waals surface area (Å²) in [6.45, 7) is 4.87. The molecule has 124 valence electrons. The number of carbonyl (C=O) groups excluding carboxylic acids is 3. The average molecular weight is 316 g/mol. The van der Waals surface area contributed by atoms with Crippen LogP contribution in [0, 0.1) is 5.92 Å². The van der Waals surface area contributed by atoms with Gasteiger partial charge in [-0.25, -0.2) is 0 Å².